The molecule has 57 heavy (non-hydrogen) atoms. The summed E-state index contributed by atoms with van der Waals surface area (Å²) in [6, 6.07) is 46.2. The first kappa shape index (κ1) is 34.0. The lowest BCUT2D eigenvalue weighted by atomic mass is 9.84. The molecular formula is C53H48N4. The molecular weight excluding hydrogens is 693 g/mol. The zero-order chi connectivity index (χ0) is 37.9. The number of nitrogens with one attached hydrogen (secondary N) is 1. The number of hydrogen-bond acceptors (Lipinski definition) is 4. The highest BCUT2D eigenvalue weighted by Gasteiger charge is 2.24. The molecule has 4 aliphatic heterocycles. The summed E-state index contributed by atoms with van der Waals surface area (Å²) in [7, 11) is 2.22. The van der Waals surface area contributed by atoms with Crippen LogP contribution in [0.2, 0.25) is 0 Å². The van der Waals surface area contributed by atoms with Crippen LogP contribution in [0.1, 0.15) is 60.8 Å². The van der Waals surface area contributed by atoms with Crippen molar-refractivity contribution in [1.29, 1.82) is 0 Å². The minimum absolute atomic E-state index is 1.11. The quantitative estimate of drug-likeness (QED) is 0.181. The van der Waals surface area contributed by atoms with Crippen molar-refractivity contribution in [3.8, 4) is 22.3 Å². The van der Waals surface area contributed by atoms with Crippen molar-refractivity contribution < 1.29 is 0 Å². The van der Waals surface area contributed by atoms with Gasteiger partial charge in [0.15, 0.2) is 0 Å². The first-order valence-electron chi connectivity index (χ1n) is 21.0. The van der Waals surface area contributed by atoms with E-state index in [9.17, 15) is 0 Å². The second-order valence-electron chi connectivity index (χ2n) is 16.4. The van der Waals surface area contributed by atoms with Gasteiger partial charge in [-0.1, -0.05) is 97.1 Å². The average Bonchev–Trinajstić information content (AvgIpc) is 3.55. The van der Waals surface area contributed by atoms with Gasteiger partial charge < -0.3 is 20.0 Å². The largest absolute Gasteiger partial charge is 0.372 e. The third kappa shape index (κ3) is 5.98. The van der Waals surface area contributed by atoms with Gasteiger partial charge in [-0.05, 0) is 153 Å². The van der Waals surface area contributed by atoms with Crippen LogP contribution in [0.4, 0.5) is 34.1 Å². The van der Waals surface area contributed by atoms with E-state index in [0.29, 0.717) is 0 Å². The van der Waals surface area contributed by atoms with Gasteiger partial charge in [-0.25, -0.2) is 0 Å². The third-order valence-corrected chi connectivity index (χ3v) is 13.0. The Morgan fingerprint density at radius 1 is 0.404 bits per heavy atom. The second kappa shape index (κ2) is 14.0. The molecule has 4 heteroatoms. The molecule has 0 aliphatic carbocycles. The summed E-state index contributed by atoms with van der Waals surface area (Å²) in [5.41, 5.74) is 17.4. The number of nitrogens with zero attached hydrogens (tertiary/aromatic N) is 3. The van der Waals surface area contributed by atoms with Crippen LogP contribution in [0, 0.1) is 0 Å². The van der Waals surface area contributed by atoms with Gasteiger partial charge in [-0.2, -0.15) is 0 Å². The fourth-order valence-electron chi connectivity index (χ4n) is 9.94. The summed E-state index contributed by atoms with van der Waals surface area (Å²) >= 11 is 0. The van der Waals surface area contributed by atoms with E-state index < -0.39 is 0 Å². The van der Waals surface area contributed by atoms with Gasteiger partial charge in [0.05, 0.1) is 0 Å². The highest BCUT2D eigenvalue weighted by Crippen LogP contribution is 2.48. The van der Waals surface area contributed by atoms with E-state index in [-0.39, 0.29) is 0 Å². The molecule has 4 aliphatic rings. The Hall–Kier alpha value is -6.26. The number of fused-ring (bicyclic) bond motifs is 6. The van der Waals surface area contributed by atoms with E-state index in [0.717, 1.165) is 37.6 Å². The number of benzene rings is 7. The summed E-state index contributed by atoms with van der Waals surface area (Å²) < 4.78 is 0. The van der Waals surface area contributed by atoms with Gasteiger partial charge in [-0.3, -0.25) is 0 Å². The third-order valence-electron chi connectivity index (χ3n) is 13.0. The number of anilines is 6. The first-order valence-corrected chi connectivity index (χ1v) is 21.0. The molecule has 0 spiro atoms. The van der Waals surface area contributed by atoms with Gasteiger partial charge >= 0.3 is 0 Å². The van der Waals surface area contributed by atoms with Crippen LogP contribution in [-0.2, 0) is 0 Å². The van der Waals surface area contributed by atoms with Crippen LogP contribution in [0.15, 0.2) is 121 Å². The molecule has 0 unspecified atom stereocenters. The Labute approximate surface area is 336 Å². The molecule has 0 atom stereocenters. The van der Waals surface area contributed by atoms with Crippen molar-refractivity contribution in [1.82, 2.24) is 0 Å². The summed E-state index contributed by atoms with van der Waals surface area (Å²) in [5.74, 6) is 0. The second-order valence-corrected chi connectivity index (χ2v) is 16.4. The van der Waals surface area contributed by atoms with Gasteiger partial charge in [-0.15, -0.1) is 0 Å². The van der Waals surface area contributed by atoms with Crippen molar-refractivity contribution in [3.05, 3.63) is 144 Å². The molecule has 0 bridgehead atoms. The highest BCUT2D eigenvalue weighted by molar-refractivity contribution is 6.23. The fraction of sp³-hybridized carbons (Fsp3) is 0.208. The summed E-state index contributed by atoms with van der Waals surface area (Å²) in [5, 5.41) is 9.04. The molecule has 4 heterocycles. The maximum Gasteiger partial charge on any atom is 0.0488 e. The van der Waals surface area contributed by atoms with E-state index in [2.05, 4.69) is 173 Å². The van der Waals surface area contributed by atoms with Gasteiger partial charge in [0, 0.05) is 67.4 Å². The van der Waals surface area contributed by atoms with Crippen molar-refractivity contribution >= 4 is 80.0 Å². The van der Waals surface area contributed by atoms with Crippen LogP contribution < -0.4 is 20.0 Å². The van der Waals surface area contributed by atoms with E-state index in [1.165, 1.54) is 127 Å². The molecule has 7 aromatic rings. The predicted octanol–water partition coefficient (Wildman–Crippen LogP) is 13.8. The molecule has 11 rings (SSSR count). The summed E-state index contributed by atoms with van der Waals surface area (Å²) in [6.07, 6.45) is 16.6. The van der Waals surface area contributed by atoms with Crippen molar-refractivity contribution in [2.75, 3.05) is 53.2 Å². The number of rotatable bonds is 4. The van der Waals surface area contributed by atoms with E-state index in [4.69, 9.17) is 0 Å². The monoisotopic (exact) mass is 740 g/mol. The molecule has 2 saturated heterocycles. The zero-order valence-electron chi connectivity index (χ0n) is 32.8. The van der Waals surface area contributed by atoms with E-state index >= 15 is 0 Å². The van der Waals surface area contributed by atoms with Gasteiger partial charge in [0.25, 0.3) is 0 Å². The Morgan fingerprint density at radius 3 is 1.56 bits per heavy atom. The molecule has 4 nitrogen and oxygen atoms in total. The Balaban J connectivity index is 1.18. The molecule has 0 saturated carbocycles. The van der Waals surface area contributed by atoms with Crippen molar-refractivity contribution in [2.24, 2.45) is 0 Å². The van der Waals surface area contributed by atoms with Crippen molar-refractivity contribution in [3.63, 3.8) is 0 Å². The van der Waals surface area contributed by atoms with E-state index in [1.807, 2.05) is 0 Å². The standard InChI is InChI=1S/C53H48N4/c1-55-50-15-7-5-13-38(50)19-20-39-21-23-41(33-51(39)55)53-45-27-25-42(56-28-8-2-9-29-56)34-46(45)52(44-26-24-43(35-47(44)53)57-30-10-3-11-31-57)40-22-18-37-17-16-36-12-4-6-14-48(36)54-49(37)32-40/h4-7,12-27,32-35,54H,2-3,8-11,28-31H2,1H3. The smallest absolute Gasteiger partial charge is 0.0488 e. The number of hydrogen-bond donors (Lipinski definition) is 1. The topological polar surface area (TPSA) is 21.8 Å². The minimum Gasteiger partial charge on any atom is -0.372 e. The first-order chi connectivity index (χ1) is 28.2. The lowest BCUT2D eigenvalue weighted by Crippen LogP contribution is -2.29. The summed E-state index contributed by atoms with van der Waals surface area (Å²) in [4.78, 5) is 7.59. The van der Waals surface area contributed by atoms with Gasteiger partial charge in [0.2, 0.25) is 0 Å². The van der Waals surface area contributed by atoms with Crippen LogP contribution in [-0.4, -0.2) is 33.2 Å². The van der Waals surface area contributed by atoms with Crippen molar-refractivity contribution in [2.45, 2.75) is 38.5 Å². The Bertz CT molecular complexity index is 2760. The number of piperidine rings is 2. The highest BCUT2D eigenvalue weighted by atomic mass is 15.1. The van der Waals surface area contributed by atoms with Crippen LogP contribution in [0.3, 0.4) is 0 Å². The van der Waals surface area contributed by atoms with E-state index in [1.54, 1.807) is 0 Å². The predicted molar refractivity (Wildman–Crippen MR) is 247 cm³/mol. The van der Waals surface area contributed by atoms with Gasteiger partial charge in [0.1, 0.15) is 0 Å². The lowest BCUT2D eigenvalue weighted by Gasteiger charge is -2.31. The minimum atomic E-state index is 1.11. The molecule has 1 N–H and O–H groups in total. The molecule has 280 valence electrons. The summed E-state index contributed by atoms with van der Waals surface area (Å²) in [6.45, 7) is 4.45. The molecule has 0 amide bonds. The molecule has 7 aromatic carbocycles. The maximum absolute atomic E-state index is 3.82. The Morgan fingerprint density at radius 2 is 0.912 bits per heavy atom. The molecule has 0 radical (unpaired) electrons. The SMILES string of the molecule is CN1c2ccccc2C=Cc2ccc(-c3c4ccc(N5CCCCC5)cc4c(-c4ccc5c(c4)Nc4ccccc4C=C5)c4ccc(N5CCCCC5)cc34)cc21. The normalized spacial score (nSPS) is 16.1. The zero-order valence-corrected chi connectivity index (χ0v) is 32.8. The maximum atomic E-state index is 3.82. The average molecular weight is 741 g/mol. The Kier molecular flexibility index (Phi) is 8.38. The van der Waals surface area contributed by atoms with Crippen LogP contribution in [0.5, 0.6) is 0 Å². The fourth-order valence-corrected chi connectivity index (χ4v) is 9.94. The molecule has 2 fully saturated rings. The van der Waals surface area contributed by atoms with Crippen LogP contribution >= 0.6 is 0 Å². The molecule has 0 aromatic heterocycles. The number of para-hydroxylation sites is 2. The lowest BCUT2D eigenvalue weighted by molar-refractivity contribution is 0.578. The van der Waals surface area contributed by atoms with Crippen LogP contribution in [0.25, 0.3) is 68.1 Å².